The Hall–Kier alpha value is -1.26. The van der Waals surface area contributed by atoms with Crippen LogP contribution in [0.3, 0.4) is 0 Å². The minimum atomic E-state index is -0.222. The SMILES string of the molecule is Cc1cncc(C(N)c2ccc(Br)cn2)c1. The fourth-order valence-electron chi connectivity index (χ4n) is 1.49. The van der Waals surface area contributed by atoms with Crippen LogP contribution >= 0.6 is 15.9 Å². The lowest BCUT2D eigenvalue weighted by Crippen LogP contribution is -2.13. The lowest BCUT2D eigenvalue weighted by molar-refractivity contribution is 0.820. The molecular weight excluding hydrogens is 266 g/mol. The van der Waals surface area contributed by atoms with Gasteiger partial charge in [-0.3, -0.25) is 9.97 Å². The van der Waals surface area contributed by atoms with Gasteiger partial charge in [0.05, 0.1) is 11.7 Å². The van der Waals surface area contributed by atoms with Crippen LogP contribution < -0.4 is 5.73 Å². The Bertz CT molecular complexity index is 482. The molecule has 4 heteroatoms. The highest BCUT2D eigenvalue weighted by atomic mass is 79.9. The minimum absolute atomic E-state index is 0.222. The van der Waals surface area contributed by atoms with Crippen LogP contribution in [0.25, 0.3) is 0 Å². The van der Waals surface area contributed by atoms with Crippen molar-refractivity contribution in [3.05, 3.63) is 58.1 Å². The third-order valence-electron chi connectivity index (χ3n) is 2.32. The molecule has 2 heterocycles. The smallest absolute Gasteiger partial charge is 0.0741 e. The van der Waals surface area contributed by atoms with Crippen LogP contribution in [0, 0.1) is 6.92 Å². The number of aryl methyl sites for hydroxylation is 1. The van der Waals surface area contributed by atoms with Crippen molar-refractivity contribution in [2.75, 3.05) is 0 Å². The van der Waals surface area contributed by atoms with Crippen molar-refractivity contribution in [2.24, 2.45) is 5.73 Å². The standard InChI is InChI=1S/C12H12BrN3/c1-8-4-9(6-15-5-8)12(14)11-3-2-10(13)7-16-11/h2-7,12H,14H2,1H3. The number of nitrogens with zero attached hydrogens (tertiary/aromatic N) is 2. The summed E-state index contributed by atoms with van der Waals surface area (Å²) >= 11 is 3.35. The van der Waals surface area contributed by atoms with Gasteiger partial charge in [-0.2, -0.15) is 0 Å². The van der Waals surface area contributed by atoms with Gasteiger partial charge in [0.1, 0.15) is 0 Å². The number of halogens is 1. The van der Waals surface area contributed by atoms with Gasteiger partial charge in [0.25, 0.3) is 0 Å². The number of hydrogen-bond donors (Lipinski definition) is 1. The fraction of sp³-hybridized carbons (Fsp3) is 0.167. The van der Waals surface area contributed by atoms with Crippen molar-refractivity contribution in [3.63, 3.8) is 0 Å². The lowest BCUT2D eigenvalue weighted by atomic mass is 10.1. The third kappa shape index (κ3) is 2.46. The Balaban J connectivity index is 2.31. The quantitative estimate of drug-likeness (QED) is 0.918. The van der Waals surface area contributed by atoms with Crippen molar-refractivity contribution in [2.45, 2.75) is 13.0 Å². The van der Waals surface area contributed by atoms with Gasteiger partial charge in [0.15, 0.2) is 0 Å². The van der Waals surface area contributed by atoms with Gasteiger partial charge in [0, 0.05) is 23.1 Å². The summed E-state index contributed by atoms with van der Waals surface area (Å²) in [5, 5.41) is 0. The molecule has 0 saturated carbocycles. The molecule has 2 aromatic rings. The first-order chi connectivity index (χ1) is 7.66. The molecule has 0 aliphatic heterocycles. The van der Waals surface area contributed by atoms with E-state index in [-0.39, 0.29) is 6.04 Å². The highest BCUT2D eigenvalue weighted by molar-refractivity contribution is 9.10. The molecule has 16 heavy (non-hydrogen) atoms. The van der Waals surface area contributed by atoms with Crippen molar-refractivity contribution in [3.8, 4) is 0 Å². The lowest BCUT2D eigenvalue weighted by Gasteiger charge is -2.11. The van der Waals surface area contributed by atoms with E-state index in [2.05, 4.69) is 25.9 Å². The number of nitrogens with two attached hydrogens (primary N) is 1. The third-order valence-corrected chi connectivity index (χ3v) is 2.79. The molecule has 0 radical (unpaired) electrons. The van der Waals surface area contributed by atoms with E-state index in [1.807, 2.05) is 31.3 Å². The molecule has 2 N–H and O–H groups in total. The Morgan fingerprint density at radius 3 is 2.69 bits per heavy atom. The minimum Gasteiger partial charge on any atom is -0.319 e. The largest absolute Gasteiger partial charge is 0.319 e. The Kier molecular flexibility index (Phi) is 3.31. The fourth-order valence-corrected chi connectivity index (χ4v) is 1.72. The molecule has 1 atom stereocenters. The first-order valence-electron chi connectivity index (χ1n) is 4.95. The average Bonchev–Trinajstić information content (AvgIpc) is 2.29. The molecular formula is C12H12BrN3. The topological polar surface area (TPSA) is 51.8 Å². The summed E-state index contributed by atoms with van der Waals surface area (Å²) < 4.78 is 0.950. The molecule has 82 valence electrons. The van der Waals surface area contributed by atoms with Crippen molar-refractivity contribution >= 4 is 15.9 Å². The Morgan fingerprint density at radius 2 is 2.06 bits per heavy atom. The Labute approximate surface area is 103 Å². The van der Waals surface area contributed by atoms with Gasteiger partial charge in [-0.25, -0.2) is 0 Å². The molecule has 2 rings (SSSR count). The summed E-state index contributed by atoms with van der Waals surface area (Å²) in [6, 6.07) is 5.66. The summed E-state index contributed by atoms with van der Waals surface area (Å²) in [7, 11) is 0. The molecule has 0 fully saturated rings. The molecule has 0 aliphatic carbocycles. The summed E-state index contributed by atoms with van der Waals surface area (Å²) in [6.07, 6.45) is 5.34. The van der Waals surface area contributed by atoms with Crippen molar-refractivity contribution in [1.82, 2.24) is 9.97 Å². The van der Waals surface area contributed by atoms with Crippen molar-refractivity contribution < 1.29 is 0 Å². The summed E-state index contributed by atoms with van der Waals surface area (Å²) in [5.41, 5.74) is 9.04. The highest BCUT2D eigenvalue weighted by Crippen LogP contribution is 2.19. The second kappa shape index (κ2) is 4.72. The van der Waals surface area contributed by atoms with Gasteiger partial charge in [-0.15, -0.1) is 0 Å². The van der Waals surface area contributed by atoms with E-state index < -0.39 is 0 Å². The molecule has 0 spiro atoms. The normalized spacial score (nSPS) is 12.4. The van der Waals surface area contributed by atoms with Crippen LogP contribution in [-0.2, 0) is 0 Å². The van der Waals surface area contributed by atoms with Gasteiger partial charge in [-0.05, 0) is 46.1 Å². The monoisotopic (exact) mass is 277 g/mol. The van der Waals surface area contributed by atoms with Crippen LogP contribution in [0.15, 0.2) is 41.3 Å². The predicted octanol–water partition coefficient (Wildman–Crippen LogP) is 2.60. The number of aromatic nitrogens is 2. The maximum absolute atomic E-state index is 6.12. The maximum Gasteiger partial charge on any atom is 0.0741 e. The van der Waals surface area contributed by atoms with E-state index >= 15 is 0 Å². The van der Waals surface area contributed by atoms with Gasteiger partial charge in [-0.1, -0.05) is 6.07 Å². The van der Waals surface area contributed by atoms with E-state index in [0.717, 1.165) is 21.3 Å². The van der Waals surface area contributed by atoms with Crippen LogP contribution in [0.5, 0.6) is 0 Å². The molecule has 0 aromatic carbocycles. The number of hydrogen-bond acceptors (Lipinski definition) is 3. The van der Waals surface area contributed by atoms with Gasteiger partial charge < -0.3 is 5.73 Å². The zero-order valence-corrected chi connectivity index (χ0v) is 10.5. The zero-order valence-electron chi connectivity index (χ0n) is 8.89. The second-order valence-corrected chi connectivity index (χ2v) is 4.59. The van der Waals surface area contributed by atoms with Crippen LogP contribution in [0.2, 0.25) is 0 Å². The average molecular weight is 278 g/mol. The zero-order chi connectivity index (χ0) is 11.5. The number of rotatable bonds is 2. The first kappa shape index (κ1) is 11.2. The van der Waals surface area contributed by atoms with E-state index in [9.17, 15) is 0 Å². The van der Waals surface area contributed by atoms with E-state index in [4.69, 9.17) is 5.73 Å². The molecule has 0 amide bonds. The maximum atomic E-state index is 6.12. The van der Waals surface area contributed by atoms with E-state index in [1.54, 1.807) is 12.4 Å². The summed E-state index contributed by atoms with van der Waals surface area (Å²) in [4.78, 5) is 8.42. The highest BCUT2D eigenvalue weighted by Gasteiger charge is 2.10. The van der Waals surface area contributed by atoms with Crippen LogP contribution in [-0.4, -0.2) is 9.97 Å². The van der Waals surface area contributed by atoms with Crippen LogP contribution in [0.4, 0.5) is 0 Å². The van der Waals surface area contributed by atoms with Crippen molar-refractivity contribution in [1.29, 1.82) is 0 Å². The number of pyridine rings is 2. The summed E-state index contributed by atoms with van der Waals surface area (Å²) in [5.74, 6) is 0. The summed E-state index contributed by atoms with van der Waals surface area (Å²) in [6.45, 7) is 2.00. The molecule has 0 bridgehead atoms. The van der Waals surface area contributed by atoms with E-state index in [1.165, 1.54) is 0 Å². The van der Waals surface area contributed by atoms with Crippen LogP contribution in [0.1, 0.15) is 22.9 Å². The molecule has 3 nitrogen and oxygen atoms in total. The molecule has 1 unspecified atom stereocenters. The first-order valence-corrected chi connectivity index (χ1v) is 5.74. The Morgan fingerprint density at radius 1 is 1.25 bits per heavy atom. The van der Waals surface area contributed by atoms with Gasteiger partial charge >= 0.3 is 0 Å². The molecule has 0 aliphatic rings. The molecule has 2 aromatic heterocycles. The molecule has 0 saturated heterocycles. The predicted molar refractivity (Wildman–Crippen MR) is 66.9 cm³/mol. The van der Waals surface area contributed by atoms with Gasteiger partial charge in [0.2, 0.25) is 0 Å². The second-order valence-electron chi connectivity index (χ2n) is 3.67. The van der Waals surface area contributed by atoms with E-state index in [0.29, 0.717) is 0 Å².